The Kier molecular flexibility index (Phi) is 4.99. The van der Waals surface area contributed by atoms with Gasteiger partial charge in [-0.1, -0.05) is 37.6 Å². The van der Waals surface area contributed by atoms with Crippen LogP contribution in [0.4, 0.5) is 0 Å². The smallest absolute Gasteiger partial charge is 0.272 e. The van der Waals surface area contributed by atoms with E-state index in [-0.39, 0.29) is 11.1 Å². The van der Waals surface area contributed by atoms with Gasteiger partial charge in [-0.3, -0.25) is 13.8 Å². The minimum absolute atomic E-state index is 0.0398. The summed E-state index contributed by atoms with van der Waals surface area (Å²) < 4.78 is 4.24. The topological polar surface area (TPSA) is 64.2 Å². The highest BCUT2D eigenvalue weighted by molar-refractivity contribution is 7.17. The molecule has 0 bridgehead atoms. The average molecular weight is 416 g/mol. The number of nitrogens with zero attached hydrogens (tertiary/aromatic N) is 4. The molecule has 0 aliphatic heterocycles. The molecule has 0 radical (unpaired) electrons. The molecule has 28 heavy (non-hydrogen) atoms. The summed E-state index contributed by atoms with van der Waals surface area (Å²) in [6.45, 7) is 4.89. The van der Waals surface area contributed by atoms with Crippen LogP contribution in [0.2, 0.25) is 5.02 Å². The number of fused-ring (bicyclic) bond motifs is 3. The summed E-state index contributed by atoms with van der Waals surface area (Å²) in [5, 5.41) is 15.0. The molecule has 0 aliphatic carbocycles. The SMILES string of the molecule is CCC(CC)(NCc1nnc2n(C)c(=O)c3sccc3n12)c1ccc(Cl)cc1. The number of aryl methyl sites for hydroxylation is 1. The number of aromatic nitrogens is 4. The average Bonchev–Trinajstić information content (AvgIpc) is 3.35. The van der Waals surface area contributed by atoms with E-state index in [1.165, 1.54) is 16.9 Å². The van der Waals surface area contributed by atoms with Gasteiger partial charge in [0.1, 0.15) is 4.70 Å². The second-order valence-electron chi connectivity index (χ2n) is 6.90. The Morgan fingerprint density at radius 2 is 1.86 bits per heavy atom. The van der Waals surface area contributed by atoms with Crippen LogP contribution in [-0.2, 0) is 19.1 Å². The van der Waals surface area contributed by atoms with Gasteiger partial charge in [0.2, 0.25) is 5.78 Å². The molecule has 4 aromatic rings. The van der Waals surface area contributed by atoms with Crippen molar-refractivity contribution in [2.24, 2.45) is 7.05 Å². The lowest BCUT2D eigenvalue weighted by Gasteiger charge is -2.33. The number of rotatable bonds is 6. The molecule has 0 saturated heterocycles. The van der Waals surface area contributed by atoms with Crippen LogP contribution in [0.5, 0.6) is 0 Å². The molecule has 0 aliphatic rings. The maximum atomic E-state index is 12.5. The molecule has 3 aromatic heterocycles. The molecule has 0 amide bonds. The highest BCUT2D eigenvalue weighted by Crippen LogP contribution is 2.30. The van der Waals surface area contributed by atoms with Gasteiger partial charge < -0.3 is 5.32 Å². The predicted octanol–water partition coefficient (Wildman–Crippen LogP) is 4.10. The van der Waals surface area contributed by atoms with Gasteiger partial charge in [0.15, 0.2) is 5.82 Å². The third-order valence-electron chi connectivity index (χ3n) is 5.59. The first kappa shape index (κ1) is 19.1. The zero-order valence-electron chi connectivity index (χ0n) is 16.1. The summed E-state index contributed by atoms with van der Waals surface area (Å²) >= 11 is 7.52. The van der Waals surface area contributed by atoms with Gasteiger partial charge in [0, 0.05) is 17.6 Å². The predicted molar refractivity (Wildman–Crippen MR) is 114 cm³/mol. The van der Waals surface area contributed by atoms with Crippen LogP contribution in [0.25, 0.3) is 16.0 Å². The fourth-order valence-corrected chi connectivity index (χ4v) is 4.77. The Morgan fingerprint density at radius 1 is 1.14 bits per heavy atom. The van der Waals surface area contributed by atoms with Crippen LogP contribution < -0.4 is 10.9 Å². The zero-order valence-corrected chi connectivity index (χ0v) is 17.6. The molecule has 8 heteroatoms. The third kappa shape index (κ3) is 2.94. The van der Waals surface area contributed by atoms with E-state index < -0.39 is 0 Å². The largest absolute Gasteiger partial charge is 0.300 e. The van der Waals surface area contributed by atoms with Crippen molar-refractivity contribution in [3.8, 4) is 0 Å². The molecule has 4 rings (SSSR count). The van der Waals surface area contributed by atoms with Crippen molar-refractivity contribution in [2.45, 2.75) is 38.8 Å². The number of hydrogen-bond donors (Lipinski definition) is 1. The summed E-state index contributed by atoms with van der Waals surface area (Å²) in [6.07, 6.45) is 1.85. The number of halogens is 1. The monoisotopic (exact) mass is 415 g/mol. The Balaban J connectivity index is 1.75. The molecule has 3 heterocycles. The third-order valence-corrected chi connectivity index (χ3v) is 6.73. The zero-order chi connectivity index (χ0) is 19.9. The van der Waals surface area contributed by atoms with Crippen LogP contribution in [0, 0.1) is 0 Å². The summed E-state index contributed by atoms with van der Waals surface area (Å²) in [7, 11) is 1.73. The number of thiophene rings is 1. The fraction of sp³-hybridized carbons (Fsp3) is 0.350. The lowest BCUT2D eigenvalue weighted by atomic mass is 9.84. The lowest BCUT2D eigenvalue weighted by molar-refractivity contribution is 0.302. The number of benzene rings is 1. The molecular formula is C20H22ClN5OS. The Hall–Kier alpha value is -2.22. The van der Waals surface area contributed by atoms with Crippen LogP contribution in [-0.4, -0.2) is 19.2 Å². The van der Waals surface area contributed by atoms with Gasteiger partial charge in [0.05, 0.1) is 12.1 Å². The van der Waals surface area contributed by atoms with Crippen molar-refractivity contribution in [2.75, 3.05) is 0 Å². The van der Waals surface area contributed by atoms with E-state index in [4.69, 9.17) is 11.6 Å². The van der Waals surface area contributed by atoms with E-state index in [1.807, 2.05) is 28.0 Å². The first-order chi connectivity index (χ1) is 13.5. The minimum atomic E-state index is -0.190. The molecule has 0 saturated carbocycles. The first-order valence-electron chi connectivity index (χ1n) is 9.32. The molecule has 1 aromatic carbocycles. The molecule has 146 valence electrons. The Morgan fingerprint density at radius 3 is 2.54 bits per heavy atom. The van der Waals surface area contributed by atoms with E-state index in [2.05, 4.69) is 41.5 Å². The minimum Gasteiger partial charge on any atom is -0.300 e. The number of hydrogen-bond acceptors (Lipinski definition) is 5. The standard InChI is InChI=1S/C20H22ClN5OS/c1-4-20(5-2,13-6-8-14(21)9-7-13)22-12-16-23-24-19-25(3)18(27)17-15(26(16)19)10-11-28-17/h6-11,22H,4-5,12H2,1-3H3. The molecule has 1 N–H and O–H groups in total. The van der Waals surface area contributed by atoms with E-state index in [9.17, 15) is 4.79 Å². The Bertz CT molecular complexity index is 1190. The van der Waals surface area contributed by atoms with Gasteiger partial charge in [0.25, 0.3) is 5.56 Å². The summed E-state index contributed by atoms with van der Waals surface area (Å²) in [6, 6.07) is 9.95. The molecule has 0 atom stereocenters. The van der Waals surface area contributed by atoms with Gasteiger partial charge >= 0.3 is 0 Å². The van der Waals surface area contributed by atoms with Gasteiger partial charge in [-0.15, -0.1) is 21.5 Å². The maximum absolute atomic E-state index is 12.5. The highest BCUT2D eigenvalue weighted by atomic mass is 35.5. The van der Waals surface area contributed by atoms with Crippen LogP contribution in [0.15, 0.2) is 40.5 Å². The second-order valence-corrected chi connectivity index (χ2v) is 8.25. The number of nitrogens with one attached hydrogen (secondary N) is 1. The van der Waals surface area contributed by atoms with E-state index >= 15 is 0 Å². The molecule has 0 spiro atoms. The van der Waals surface area contributed by atoms with Gasteiger partial charge in [-0.05, 0) is 42.0 Å². The normalized spacial score (nSPS) is 12.3. The van der Waals surface area contributed by atoms with E-state index in [0.717, 1.165) is 29.2 Å². The Labute approximate surface area is 171 Å². The molecular weight excluding hydrogens is 394 g/mol. The van der Waals surface area contributed by atoms with Crippen molar-refractivity contribution in [3.05, 3.63) is 62.5 Å². The highest BCUT2D eigenvalue weighted by Gasteiger charge is 2.28. The lowest BCUT2D eigenvalue weighted by Crippen LogP contribution is -2.41. The van der Waals surface area contributed by atoms with Crippen molar-refractivity contribution in [1.29, 1.82) is 0 Å². The summed E-state index contributed by atoms with van der Waals surface area (Å²) in [4.78, 5) is 12.5. The first-order valence-corrected chi connectivity index (χ1v) is 10.6. The maximum Gasteiger partial charge on any atom is 0.272 e. The molecule has 0 fully saturated rings. The molecule has 6 nitrogen and oxygen atoms in total. The van der Waals surface area contributed by atoms with Crippen LogP contribution in [0.3, 0.4) is 0 Å². The van der Waals surface area contributed by atoms with E-state index in [0.29, 0.717) is 17.0 Å². The van der Waals surface area contributed by atoms with Crippen molar-refractivity contribution >= 4 is 38.9 Å². The molecule has 0 unspecified atom stereocenters. The van der Waals surface area contributed by atoms with E-state index in [1.54, 1.807) is 11.6 Å². The van der Waals surface area contributed by atoms with Crippen molar-refractivity contribution in [3.63, 3.8) is 0 Å². The fourth-order valence-electron chi connectivity index (χ4n) is 3.79. The van der Waals surface area contributed by atoms with Crippen molar-refractivity contribution < 1.29 is 0 Å². The van der Waals surface area contributed by atoms with Gasteiger partial charge in [-0.2, -0.15) is 0 Å². The summed E-state index contributed by atoms with van der Waals surface area (Å²) in [5.41, 5.74) is 1.83. The van der Waals surface area contributed by atoms with Crippen molar-refractivity contribution in [1.82, 2.24) is 24.5 Å². The summed E-state index contributed by atoms with van der Waals surface area (Å²) in [5.74, 6) is 1.34. The quantitative estimate of drug-likeness (QED) is 0.515. The van der Waals surface area contributed by atoms with Gasteiger partial charge in [-0.25, -0.2) is 0 Å². The second kappa shape index (κ2) is 7.31. The van der Waals surface area contributed by atoms with Crippen LogP contribution in [0.1, 0.15) is 38.1 Å². The van der Waals surface area contributed by atoms with Crippen LogP contribution >= 0.6 is 22.9 Å².